The number of carbonyl (C=O) groups excluding carboxylic acids is 3. The average Bonchev–Trinajstić information content (AvgIpc) is 3.04. The predicted molar refractivity (Wildman–Crippen MR) is 194 cm³/mol. The van der Waals surface area contributed by atoms with E-state index in [1.54, 1.807) is 59.6 Å². The van der Waals surface area contributed by atoms with E-state index in [9.17, 15) is 14.4 Å². The van der Waals surface area contributed by atoms with Crippen LogP contribution in [-0.2, 0) is 4.74 Å². The summed E-state index contributed by atoms with van der Waals surface area (Å²) in [7, 11) is 0. The molecule has 6 rings (SSSR count). The Kier molecular flexibility index (Phi) is 13.6. The lowest BCUT2D eigenvalue weighted by Gasteiger charge is -2.40. The summed E-state index contributed by atoms with van der Waals surface area (Å²) in [6.45, 7) is 8.04. The molecule has 1 N–H and O–H groups in total. The first-order valence-electron chi connectivity index (χ1n) is 16.0. The lowest BCUT2D eigenvalue weighted by Crippen LogP contribution is -2.55. The van der Waals surface area contributed by atoms with Gasteiger partial charge in [0.2, 0.25) is 0 Å². The van der Waals surface area contributed by atoms with Gasteiger partial charge in [-0.2, -0.15) is 0 Å². The molecule has 2 aliphatic rings. The van der Waals surface area contributed by atoms with Gasteiger partial charge in [0.25, 0.3) is 0 Å². The van der Waals surface area contributed by atoms with Crippen molar-refractivity contribution in [1.29, 1.82) is 0 Å². The molecule has 10 nitrogen and oxygen atoms in total. The SMILES string of the molecule is CC(C)(C)OC(=O)N1CC[C@H]1COc1cnc(Cl)c(C(=O)c2ccccc2)c1.Cl.O=C(c1ccccc1)c1cc(OC[C@@H]2CCN2)cnc1Cl. The fourth-order valence-corrected chi connectivity index (χ4v) is 5.26. The summed E-state index contributed by atoms with van der Waals surface area (Å²) in [5.41, 5.74) is 1.22. The van der Waals surface area contributed by atoms with Crippen molar-refractivity contribution < 1.29 is 28.6 Å². The van der Waals surface area contributed by atoms with Gasteiger partial charge < -0.3 is 24.4 Å². The van der Waals surface area contributed by atoms with Gasteiger partial charge in [-0.3, -0.25) is 9.59 Å². The molecule has 50 heavy (non-hydrogen) atoms. The van der Waals surface area contributed by atoms with E-state index in [0.29, 0.717) is 54.0 Å². The number of aromatic nitrogens is 2. The van der Waals surface area contributed by atoms with E-state index in [0.717, 1.165) is 19.4 Å². The lowest BCUT2D eigenvalue weighted by molar-refractivity contribution is -0.0141. The third kappa shape index (κ3) is 10.4. The molecule has 0 saturated carbocycles. The maximum atomic E-state index is 12.6. The van der Waals surface area contributed by atoms with Crippen molar-refractivity contribution >= 4 is 53.3 Å². The number of carbonyl (C=O) groups is 3. The molecule has 2 atom stereocenters. The number of ketones is 2. The van der Waals surface area contributed by atoms with E-state index in [1.807, 2.05) is 45.0 Å². The van der Waals surface area contributed by atoms with Crippen molar-refractivity contribution in [3.8, 4) is 11.5 Å². The fourth-order valence-electron chi connectivity index (χ4n) is 4.88. The summed E-state index contributed by atoms with van der Waals surface area (Å²) in [5.74, 6) is 0.620. The molecule has 4 heterocycles. The standard InChI is InChI=1S/C21H23ClN2O4.C16H15ClN2O2.ClH/c1-21(2,3)28-20(26)24-10-9-15(24)13-27-16-11-17(19(22)23-12-16)18(25)14-7-5-4-6-8-14;17-16-14(15(20)11-4-2-1-3-5-11)8-13(9-19-16)21-10-12-6-7-18-12;/h4-8,11-12,15H,9-10,13H2,1-3H3;1-5,8-9,12,18H,6-7,10H2;1H/t15-;12-;/m00./s1. The number of halogens is 3. The third-order valence-electron chi connectivity index (χ3n) is 7.78. The number of rotatable bonds is 10. The van der Waals surface area contributed by atoms with Gasteiger partial charge in [0.15, 0.2) is 11.6 Å². The Balaban J connectivity index is 0.000000229. The summed E-state index contributed by atoms with van der Waals surface area (Å²) >= 11 is 12.2. The molecule has 0 unspecified atom stereocenters. The van der Waals surface area contributed by atoms with Gasteiger partial charge in [0.1, 0.15) is 40.6 Å². The van der Waals surface area contributed by atoms with E-state index in [2.05, 4.69) is 15.3 Å². The van der Waals surface area contributed by atoms with Crippen LogP contribution in [0.3, 0.4) is 0 Å². The zero-order chi connectivity index (χ0) is 35.0. The van der Waals surface area contributed by atoms with Crippen LogP contribution < -0.4 is 14.8 Å². The molecule has 2 aromatic heterocycles. The maximum absolute atomic E-state index is 12.6. The second kappa shape index (κ2) is 17.6. The maximum Gasteiger partial charge on any atom is 0.410 e. The highest BCUT2D eigenvalue weighted by Gasteiger charge is 2.35. The fraction of sp³-hybridized carbons (Fsp3) is 0.324. The van der Waals surface area contributed by atoms with Crippen LogP contribution in [0.15, 0.2) is 85.2 Å². The van der Waals surface area contributed by atoms with Crippen LogP contribution >= 0.6 is 35.6 Å². The smallest absolute Gasteiger partial charge is 0.410 e. The molecule has 264 valence electrons. The normalized spacial score (nSPS) is 16.3. The first-order valence-corrected chi connectivity index (χ1v) is 16.7. The van der Waals surface area contributed by atoms with E-state index < -0.39 is 5.60 Å². The Morgan fingerprint density at radius 1 is 0.800 bits per heavy atom. The zero-order valence-corrected chi connectivity index (χ0v) is 30.3. The summed E-state index contributed by atoms with van der Waals surface area (Å²) in [6, 6.07) is 21.4. The van der Waals surface area contributed by atoms with Gasteiger partial charge in [-0.15, -0.1) is 12.4 Å². The molecule has 2 aliphatic heterocycles. The van der Waals surface area contributed by atoms with Gasteiger partial charge in [0, 0.05) is 23.7 Å². The minimum Gasteiger partial charge on any atom is -0.490 e. The Bertz CT molecular complexity index is 1770. The van der Waals surface area contributed by atoms with Crippen molar-refractivity contribution in [2.24, 2.45) is 0 Å². The summed E-state index contributed by atoms with van der Waals surface area (Å²) in [4.78, 5) is 47.0. The predicted octanol–water partition coefficient (Wildman–Crippen LogP) is 7.48. The highest BCUT2D eigenvalue weighted by atomic mass is 35.5. The van der Waals surface area contributed by atoms with E-state index in [-0.39, 0.29) is 52.0 Å². The molecule has 13 heteroatoms. The van der Waals surface area contributed by atoms with Gasteiger partial charge >= 0.3 is 6.09 Å². The molecule has 0 bridgehead atoms. The number of pyridine rings is 2. The number of ether oxygens (including phenoxy) is 3. The van der Waals surface area contributed by atoms with Crippen molar-refractivity contribution in [3.05, 3.63) is 118 Å². The number of hydrogen-bond acceptors (Lipinski definition) is 9. The number of nitrogens with zero attached hydrogens (tertiary/aromatic N) is 3. The van der Waals surface area contributed by atoms with Crippen molar-refractivity contribution in [3.63, 3.8) is 0 Å². The van der Waals surface area contributed by atoms with Crippen LogP contribution in [0.5, 0.6) is 11.5 Å². The minimum absolute atomic E-state index is 0. The number of likely N-dealkylation sites (tertiary alicyclic amines) is 1. The molecular formula is C37H39Cl3N4O6. The second-order valence-corrected chi connectivity index (χ2v) is 13.3. The molecule has 2 fully saturated rings. The van der Waals surface area contributed by atoms with Crippen molar-refractivity contribution in [1.82, 2.24) is 20.2 Å². The van der Waals surface area contributed by atoms with Gasteiger partial charge in [-0.1, -0.05) is 83.9 Å². The largest absolute Gasteiger partial charge is 0.490 e. The lowest BCUT2D eigenvalue weighted by atomic mass is 10.0. The Labute approximate surface area is 307 Å². The molecule has 0 spiro atoms. The van der Waals surface area contributed by atoms with Crippen LogP contribution in [0.1, 0.15) is 65.5 Å². The first kappa shape index (κ1) is 38.6. The first-order chi connectivity index (χ1) is 23.5. The summed E-state index contributed by atoms with van der Waals surface area (Å²) < 4.78 is 16.8. The van der Waals surface area contributed by atoms with Crippen LogP contribution in [0.25, 0.3) is 0 Å². The Hall–Kier alpha value is -4.22. The Morgan fingerprint density at radius 3 is 1.68 bits per heavy atom. The topological polar surface area (TPSA) is 120 Å². The molecule has 0 aliphatic carbocycles. The van der Waals surface area contributed by atoms with Crippen molar-refractivity contribution in [2.75, 3.05) is 26.3 Å². The highest BCUT2D eigenvalue weighted by molar-refractivity contribution is 6.34. The number of benzene rings is 2. The van der Waals surface area contributed by atoms with Crippen LogP contribution in [-0.4, -0.2) is 76.5 Å². The molecule has 2 aromatic carbocycles. The zero-order valence-electron chi connectivity index (χ0n) is 27.9. The molecule has 2 saturated heterocycles. The summed E-state index contributed by atoms with van der Waals surface area (Å²) in [5, 5.41) is 3.57. The summed E-state index contributed by atoms with van der Waals surface area (Å²) in [6.07, 6.45) is 4.61. The minimum atomic E-state index is -0.537. The van der Waals surface area contributed by atoms with Crippen molar-refractivity contribution in [2.45, 2.75) is 51.3 Å². The molecule has 4 aromatic rings. The van der Waals surface area contributed by atoms with E-state index in [1.165, 1.54) is 6.20 Å². The van der Waals surface area contributed by atoms with Crippen LogP contribution in [0, 0.1) is 0 Å². The molecule has 0 radical (unpaired) electrons. The highest BCUT2D eigenvalue weighted by Crippen LogP contribution is 2.26. The average molecular weight is 742 g/mol. The third-order valence-corrected chi connectivity index (χ3v) is 8.38. The van der Waals surface area contributed by atoms with Gasteiger partial charge in [-0.05, 0) is 52.3 Å². The van der Waals surface area contributed by atoms with E-state index in [4.69, 9.17) is 37.4 Å². The molecular weight excluding hydrogens is 703 g/mol. The number of hydrogen-bond donors (Lipinski definition) is 1. The van der Waals surface area contributed by atoms with E-state index >= 15 is 0 Å². The van der Waals surface area contributed by atoms with Crippen LogP contribution in [0.2, 0.25) is 10.3 Å². The quantitative estimate of drug-likeness (QED) is 0.130. The second-order valence-electron chi connectivity index (χ2n) is 12.6. The monoisotopic (exact) mass is 740 g/mol. The number of nitrogens with one attached hydrogen (secondary N) is 1. The Morgan fingerprint density at radius 2 is 1.28 bits per heavy atom. The van der Waals surface area contributed by atoms with Gasteiger partial charge in [0.05, 0.1) is 29.6 Å². The van der Waals surface area contributed by atoms with Crippen LogP contribution in [0.4, 0.5) is 4.79 Å². The van der Waals surface area contributed by atoms with Gasteiger partial charge in [-0.25, -0.2) is 14.8 Å². The molecule has 1 amide bonds. The number of amides is 1.